The highest BCUT2D eigenvalue weighted by molar-refractivity contribution is 8.00. The van der Waals surface area contributed by atoms with E-state index < -0.39 is 34.7 Å². The van der Waals surface area contributed by atoms with Crippen LogP contribution >= 0.6 is 11.8 Å². The number of thioether (sulfide) groups is 1. The van der Waals surface area contributed by atoms with E-state index in [1.54, 1.807) is 36.4 Å². The largest absolute Gasteiger partial charge is 0.461 e. The molecule has 1 aliphatic heterocycles. The zero-order valence-electron chi connectivity index (χ0n) is 24.1. The van der Waals surface area contributed by atoms with Crippen molar-refractivity contribution in [3.8, 4) is 0 Å². The van der Waals surface area contributed by atoms with Crippen LogP contribution in [0.2, 0.25) is 0 Å². The van der Waals surface area contributed by atoms with Gasteiger partial charge in [0.05, 0.1) is 21.9 Å². The number of ether oxygens (including phenoxy) is 3. The van der Waals surface area contributed by atoms with Crippen molar-refractivity contribution in [3.63, 3.8) is 0 Å². The Balaban J connectivity index is 1.08. The summed E-state index contributed by atoms with van der Waals surface area (Å²) < 4.78 is 17.6. The van der Waals surface area contributed by atoms with E-state index in [0.29, 0.717) is 16.7 Å². The molecule has 45 heavy (non-hydrogen) atoms. The van der Waals surface area contributed by atoms with Gasteiger partial charge in [-0.3, -0.25) is 0 Å². The lowest BCUT2D eigenvalue weighted by molar-refractivity contribution is 0.0136. The predicted molar refractivity (Wildman–Crippen MR) is 177 cm³/mol. The lowest BCUT2D eigenvalue weighted by Crippen LogP contribution is -2.29. The quantitative estimate of drug-likeness (QED) is 0.133. The molecule has 0 bridgehead atoms. The van der Waals surface area contributed by atoms with Crippen LogP contribution in [0.3, 0.4) is 0 Å². The Morgan fingerprint density at radius 1 is 0.533 bits per heavy atom. The van der Waals surface area contributed by atoms with Crippen LogP contribution in [0, 0.1) is 0 Å². The zero-order chi connectivity index (χ0) is 30.8. The number of fused-ring (bicyclic) bond motifs is 3. The first-order valence-corrected chi connectivity index (χ1v) is 15.7. The van der Waals surface area contributed by atoms with Gasteiger partial charge in [-0.25, -0.2) is 14.4 Å². The van der Waals surface area contributed by atoms with Crippen molar-refractivity contribution >= 4 is 62.0 Å². The Labute approximate surface area is 263 Å². The van der Waals surface area contributed by atoms with Gasteiger partial charge < -0.3 is 14.2 Å². The number of benzene rings is 6. The van der Waals surface area contributed by atoms with E-state index >= 15 is 0 Å². The third-order valence-electron chi connectivity index (χ3n) is 8.00. The van der Waals surface area contributed by atoms with Gasteiger partial charge in [-0.1, -0.05) is 91.0 Å². The molecule has 1 unspecified atom stereocenters. The van der Waals surface area contributed by atoms with Gasteiger partial charge in [0.25, 0.3) is 0 Å². The van der Waals surface area contributed by atoms with Gasteiger partial charge in [0.2, 0.25) is 0 Å². The molecule has 1 saturated heterocycles. The van der Waals surface area contributed by atoms with Crippen molar-refractivity contribution in [1.29, 1.82) is 0 Å². The van der Waals surface area contributed by atoms with Gasteiger partial charge in [0, 0.05) is 6.42 Å². The molecule has 6 aromatic carbocycles. The minimum Gasteiger partial charge on any atom is -0.461 e. The maximum Gasteiger partial charge on any atom is 0.339 e. The summed E-state index contributed by atoms with van der Waals surface area (Å²) in [5.74, 6) is -1.43. The van der Waals surface area contributed by atoms with E-state index in [0.717, 1.165) is 32.3 Å². The SMILES string of the molecule is O=C(OC[C@H]1SC(OC(=O)c2ccc3ccccc3c2)C[C@H]1OC(=O)c1ccc2ccccc2c1)c1ccc2ccccc2c1. The summed E-state index contributed by atoms with van der Waals surface area (Å²) in [5, 5.41) is 5.43. The Kier molecular flexibility index (Phi) is 7.92. The molecule has 3 atom stereocenters. The zero-order valence-corrected chi connectivity index (χ0v) is 24.9. The Morgan fingerprint density at radius 3 is 1.44 bits per heavy atom. The average Bonchev–Trinajstić information content (AvgIpc) is 3.46. The van der Waals surface area contributed by atoms with Crippen LogP contribution in [0.15, 0.2) is 127 Å². The molecule has 7 rings (SSSR count). The van der Waals surface area contributed by atoms with Crippen molar-refractivity contribution in [3.05, 3.63) is 144 Å². The molecule has 0 saturated carbocycles. The highest BCUT2D eigenvalue weighted by atomic mass is 32.2. The highest BCUT2D eigenvalue weighted by Crippen LogP contribution is 2.38. The second-order valence-electron chi connectivity index (χ2n) is 11.0. The van der Waals surface area contributed by atoms with Crippen molar-refractivity contribution in [1.82, 2.24) is 0 Å². The first-order chi connectivity index (χ1) is 22.0. The highest BCUT2D eigenvalue weighted by Gasteiger charge is 2.41. The molecule has 0 N–H and O–H groups in total. The van der Waals surface area contributed by atoms with Gasteiger partial charge in [0.15, 0.2) is 5.44 Å². The van der Waals surface area contributed by atoms with Crippen molar-refractivity contribution in [2.75, 3.05) is 6.61 Å². The molecule has 222 valence electrons. The maximum absolute atomic E-state index is 13.3. The lowest BCUT2D eigenvalue weighted by atomic mass is 10.1. The van der Waals surface area contributed by atoms with Crippen molar-refractivity contribution < 1.29 is 28.6 Å². The van der Waals surface area contributed by atoms with Gasteiger partial charge in [-0.15, -0.1) is 11.8 Å². The summed E-state index contributed by atoms with van der Waals surface area (Å²) >= 11 is 1.33. The number of rotatable bonds is 7. The summed E-state index contributed by atoms with van der Waals surface area (Å²) in [7, 11) is 0. The van der Waals surface area contributed by atoms with E-state index in [1.807, 2.05) is 91.0 Å². The van der Waals surface area contributed by atoms with Crippen molar-refractivity contribution in [2.24, 2.45) is 0 Å². The van der Waals surface area contributed by atoms with Crippen molar-refractivity contribution in [2.45, 2.75) is 23.2 Å². The second kappa shape index (κ2) is 12.5. The van der Waals surface area contributed by atoms with Crippen LogP contribution in [-0.2, 0) is 14.2 Å². The van der Waals surface area contributed by atoms with E-state index in [9.17, 15) is 14.4 Å². The molecule has 1 heterocycles. The maximum atomic E-state index is 13.3. The minimum absolute atomic E-state index is 0.0178. The fourth-order valence-electron chi connectivity index (χ4n) is 5.61. The minimum atomic E-state index is -0.646. The summed E-state index contributed by atoms with van der Waals surface area (Å²) in [6.45, 7) is -0.0178. The average molecular weight is 613 g/mol. The summed E-state index contributed by atoms with van der Waals surface area (Å²) in [4.78, 5) is 39.5. The van der Waals surface area contributed by atoms with Gasteiger partial charge >= 0.3 is 17.9 Å². The topological polar surface area (TPSA) is 78.9 Å². The van der Waals surface area contributed by atoms with E-state index in [2.05, 4.69) is 0 Å². The number of hydrogen-bond acceptors (Lipinski definition) is 7. The fraction of sp³-hybridized carbons (Fsp3) is 0.132. The molecule has 1 fully saturated rings. The number of esters is 3. The molecule has 7 heteroatoms. The van der Waals surface area contributed by atoms with Crippen LogP contribution in [0.25, 0.3) is 32.3 Å². The van der Waals surface area contributed by atoms with E-state index in [1.165, 1.54) is 11.8 Å². The normalized spacial score (nSPS) is 17.7. The van der Waals surface area contributed by atoms with Crippen LogP contribution in [0.1, 0.15) is 37.5 Å². The smallest absolute Gasteiger partial charge is 0.339 e. The number of carbonyl (C=O) groups excluding carboxylic acids is 3. The Morgan fingerprint density at radius 2 is 0.956 bits per heavy atom. The summed E-state index contributed by atoms with van der Waals surface area (Å²) in [6, 6.07) is 39.6. The van der Waals surface area contributed by atoms with Gasteiger partial charge in [-0.05, 0) is 68.7 Å². The monoisotopic (exact) mass is 612 g/mol. The molecule has 0 spiro atoms. The molecule has 6 aromatic rings. The Bertz CT molecular complexity index is 2070. The number of hydrogen-bond donors (Lipinski definition) is 0. The van der Waals surface area contributed by atoms with Crippen LogP contribution < -0.4 is 0 Å². The third kappa shape index (κ3) is 6.26. The fourth-order valence-corrected chi connectivity index (χ4v) is 6.93. The first-order valence-electron chi connectivity index (χ1n) is 14.7. The van der Waals surface area contributed by atoms with Crippen LogP contribution in [0.5, 0.6) is 0 Å². The van der Waals surface area contributed by atoms with Gasteiger partial charge in [-0.2, -0.15) is 0 Å². The van der Waals surface area contributed by atoms with E-state index in [4.69, 9.17) is 14.2 Å². The molecule has 1 aliphatic rings. The first kappa shape index (κ1) is 28.6. The molecule has 0 aromatic heterocycles. The van der Waals surface area contributed by atoms with Crippen LogP contribution in [-0.4, -0.2) is 41.3 Å². The van der Waals surface area contributed by atoms with Crippen LogP contribution in [0.4, 0.5) is 0 Å². The predicted octanol–water partition coefficient (Wildman–Crippen LogP) is 8.22. The molecular weight excluding hydrogens is 584 g/mol. The summed E-state index contributed by atoms with van der Waals surface area (Å²) in [6.07, 6.45) is -0.380. The molecule has 6 nitrogen and oxygen atoms in total. The molecule has 0 radical (unpaired) electrons. The number of carbonyl (C=O) groups is 3. The molecular formula is C38H28O6S. The second-order valence-corrected chi connectivity index (χ2v) is 12.4. The third-order valence-corrected chi connectivity index (χ3v) is 9.38. The Hall–Kier alpha value is -5.14. The lowest BCUT2D eigenvalue weighted by Gasteiger charge is -2.19. The molecule has 0 aliphatic carbocycles. The van der Waals surface area contributed by atoms with E-state index in [-0.39, 0.29) is 13.0 Å². The standard InChI is InChI=1S/C38H28O6S/c39-36(30-16-13-24-7-1-4-10-27(24)19-30)42-23-34-33(43-37(40)31-17-14-25-8-2-5-11-28(25)20-31)22-35(45-34)44-38(41)32-18-15-26-9-3-6-12-29(26)21-32/h1-21,33-35H,22-23H2/t33-,34-,35?/m1/s1. The molecule has 0 amide bonds. The summed E-state index contributed by atoms with van der Waals surface area (Å²) in [5.41, 5.74) is 0.691. The van der Waals surface area contributed by atoms with Gasteiger partial charge in [0.1, 0.15) is 12.7 Å².